The minimum Gasteiger partial charge on any atom is -0.389 e. The van der Waals surface area contributed by atoms with Crippen LogP contribution in [0.25, 0.3) is 0 Å². The van der Waals surface area contributed by atoms with Crippen molar-refractivity contribution in [3.8, 4) is 0 Å². The first-order chi connectivity index (χ1) is 8.61. The van der Waals surface area contributed by atoms with E-state index in [-0.39, 0.29) is 5.41 Å². The fourth-order valence-corrected chi connectivity index (χ4v) is 5.67. The monoisotopic (exact) mass is 246 g/mol. The van der Waals surface area contributed by atoms with Crippen molar-refractivity contribution in [1.82, 2.24) is 0 Å². The molecule has 0 spiro atoms. The number of aliphatic hydroxyl groups is 1. The van der Waals surface area contributed by atoms with Gasteiger partial charge in [-0.2, -0.15) is 0 Å². The lowest BCUT2D eigenvalue weighted by Gasteiger charge is -2.62. The number of hydrogen-bond donors (Lipinski definition) is 1. The SMILES string of the molecule is C=CCC(O)(CC=C)C12CC3CC(CC(C3)C1)C2. The van der Waals surface area contributed by atoms with Crippen LogP contribution in [0.5, 0.6) is 0 Å². The van der Waals surface area contributed by atoms with Gasteiger partial charge in [0.1, 0.15) is 0 Å². The Morgan fingerprint density at radius 3 is 1.67 bits per heavy atom. The highest BCUT2D eigenvalue weighted by molar-refractivity contribution is 5.12. The Bertz CT molecular complexity index is 309. The molecular weight excluding hydrogens is 220 g/mol. The van der Waals surface area contributed by atoms with Crippen LogP contribution in [0.3, 0.4) is 0 Å². The third kappa shape index (κ3) is 1.71. The Labute approximate surface area is 111 Å². The topological polar surface area (TPSA) is 20.2 Å². The number of hydrogen-bond acceptors (Lipinski definition) is 1. The highest BCUT2D eigenvalue weighted by atomic mass is 16.3. The van der Waals surface area contributed by atoms with Crippen molar-refractivity contribution in [1.29, 1.82) is 0 Å². The molecule has 0 unspecified atom stereocenters. The first-order valence-electron chi connectivity index (χ1n) is 7.55. The lowest BCUT2D eigenvalue weighted by Crippen LogP contribution is -2.58. The quantitative estimate of drug-likeness (QED) is 0.725. The summed E-state index contributed by atoms with van der Waals surface area (Å²) in [4.78, 5) is 0. The summed E-state index contributed by atoms with van der Waals surface area (Å²) >= 11 is 0. The molecule has 4 aliphatic carbocycles. The van der Waals surface area contributed by atoms with Crippen molar-refractivity contribution in [3.63, 3.8) is 0 Å². The van der Waals surface area contributed by atoms with Crippen LogP contribution >= 0.6 is 0 Å². The van der Waals surface area contributed by atoms with Crippen molar-refractivity contribution >= 4 is 0 Å². The van der Waals surface area contributed by atoms with Gasteiger partial charge in [-0.15, -0.1) is 13.2 Å². The second-order valence-electron chi connectivity index (χ2n) is 7.22. The maximum absolute atomic E-state index is 11.2. The lowest BCUT2D eigenvalue weighted by molar-refractivity contribution is -0.176. The van der Waals surface area contributed by atoms with Gasteiger partial charge in [-0.25, -0.2) is 0 Å². The first-order valence-corrected chi connectivity index (χ1v) is 7.55. The van der Waals surface area contributed by atoms with Gasteiger partial charge in [0.2, 0.25) is 0 Å². The van der Waals surface area contributed by atoms with Crippen LogP contribution in [-0.2, 0) is 0 Å². The second-order valence-corrected chi connectivity index (χ2v) is 7.22. The Hall–Kier alpha value is -0.560. The average Bonchev–Trinajstić information content (AvgIpc) is 2.27. The van der Waals surface area contributed by atoms with Gasteiger partial charge in [0, 0.05) is 5.41 Å². The van der Waals surface area contributed by atoms with E-state index in [9.17, 15) is 5.11 Å². The van der Waals surface area contributed by atoms with Gasteiger partial charge >= 0.3 is 0 Å². The summed E-state index contributed by atoms with van der Waals surface area (Å²) in [6.45, 7) is 7.72. The molecule has 4 aliphatic rings. The summed E-state index contributed by atoms with van der Waals surface area (Å²) in [7, 11) is 0. The minimum absolute atomic E-state index is 0.171. The van der Waals surface area contributed by atoms with Crippen LogP contribution in [0.15, 0.2) is 25.3 Å². The largest absolute Gasteiger partial charge is 0.389 e. The summed E-state index contributed by atoms with van der Waals surface area (Å²) < 4.78 is 0. The number of rotatable bonds is 5. The van der Waals surface area contributed by atoms with Gasteiger partial charge in [0.15, 0.2) is 0 Å². The molecule has 0 heterocycles. The average molecular weight is 246 g/mol. The molecule has 100 valence electrons. The van der Waals surface area contributed by atoms with E-state index in [0.717, 1.165) is 30.6 Å². The van der Waals surface area contributed by atoms with Gasteiger partial charge in [0.25, 0.3) is 0 Å². The molecule has 0 aromatic heterocycles. The standard InChI is InChI=1S/C17H26O/c1-3-5-17(18,6-4-2)16-10-13-7-14(11-16)9-15(8-13)12-16/h3-4,13-15,18H,1-2,5-12H2. The van der Waals surface area contributed by atoms with Crippen molar-refractivity contribution < 1.29 is 5.11 Å². The maximum Gasteiger partial charge on any atom is 0.0772 e. The molecule has 1 N–H and O–H groups in total. The Morgan fingerprint density at radius 2 is 1.33 bits per heavy atom. The van der Waals surface area contributed by atoms with Crippen LogP contribution in [-0.4, -0.2) is 10.7 Å². The third-order valence-electron chi connectivity index (χ3n) is 5.99. The van der Waals surface area contributed by atoms with Gasteiger partial charge in [-0.3, -0.25) is 0 Å². The van der Waals surface area contributed by atoms with Crippen LogP contribution in [0.1, 0.15) is 51.4 Å². The molecule has 0 aromatic carbocycles. The molecule has 4 bridgehead atoms. The van der Waals surface area contributed by atoms with Gasteiger partial charge in [-0.05, 0) is 69.1 Å². The van der Waals surface area contributed by atoms with Gasteiger partial charge in [0.05, 0.1) is 5.60 Å². The van der Waals surface area contributed by atoms with E-state index in [4.69, 9.17) is 0 Å². The van der Waals surface area contributed by atoms with Crippen molar-refractivity contribution in [2.45, 2.75) is 57.0 Å². The highest BCUT2D eigenvalue weighted by Crippen LogP contribution is 2.64. The first kappa shape index (κ1) is 12.5. The molecule has 0 amide bonds. The van der Waals surface area contributed by atoms with E-state index in [1.807, 2.05) is 12.2 Å². The van der Waals surface area contributed by atoms with Crippen molar-refractivity contribution in [2.24, 2.45) is 23.2 Å². The van der Waals surface area contributed by atoms with E-state index in [1.165, 1.54) is 38.5 Å². The van der Waals surface area contributed by atoms with Crippen LogP contribution in [0.2, 0.25) is 0 Å². The predicted molar refractivity (Wildman–Crippen MR) is 75.2 cm³/mol. The van der Waals surface area contributed by atoms with Crippen LogP contribution < -0.4 is 0 Å². The van der Waals surface area contributed by atoms with Crippen LogP contribution in [0, 0.1) is 23.2 Å². The molecule has 1 nitrogen and oxygen atoms in total. The molecule has 0 radical (unpaired) electrons. The summed E-state index contributed by atoms with van der Waals surface area (Å²) in [6.07, 6.45) is 13.3. The van der Waals surface area contributed by atoms with Gasteiger partial charge in [-0.1, -0.05) is 12.2 Å². The zero-order chi connectivity index (χ0) is 12.8. The summed E-state index contributed by atoms with van der Waals surface area (Å²) in [5.41, 5.74) is -0.406. The smallest absolute Gasteiger partial charge is 0.0772 e. The molecule has 0 saturated heterocycles. The molecule has 0 aromatic rings. The molecule has 0 atom stereocenters. The minimum atomic E-state index is -0.577. The zero-order valence-corrected chi connectivity index (χ0v) is 11.4. The van der Waals surface area contributed by atoms with E-state index < -0.39 is 5.60 Å². The van der Waals surface area contributed by atoms with E-state index >= 15 is 0 Å². The summed E-state index contributed by atoms with van der Waals surface area (Å²) in [5, 5.41) is 11.2. The maximum atomic E-state index is 11.2. The van der Waals surface area contributed by atoms with E-state index in [2.05, 4.69) is 13.2 Å². The lowest BCUT2D eigenvalue weighted by atomic mass is 9.44. The summed E-state index contributed by atoms with van der Waals surface area (Å²) in [6, 6.07) is 0. The molecule has 4 saturated carbocycles. The highest BCUT2D eigenvalue weighted by Gasteiger charge is 2.58. The fraction of sp³-hybridized carbons (Fsp3) is 0.765. The Balaban J connectivity index is 1.92. The molecular formula is C17H26O. The van der Waals surface area contributed by atoms with E-state index in [1.54, 1.807) is 0 Å². The van der Waals surface area contributed by atoms with Crippen LogP contribution in [0.4, 0.5) is 0 Å². The Morgan fingerprint density at radius 1 is 0.944 bits per heavy atom. The Kier molecular flexibility index (Phi) is 2.93. The molecule has 1 heteroatoms. The zero-order valence-electron chi connectivity index (χ0n) is 11.4. The van der Waals surface area contributed by atoms with Gasteiger partial charge < -0.3 is 5.11 Å². The normalized spacial score (nSPS) is 41.9. The molecule has 4 fully saturated rings. The predicted octanol–water partition coefficient (Wildman–Crippen LogP) is 4.09. The fourth-order valence-electron chi connectivity index (χ4n) is 5.67. The third-order valence-corrected chi connectivity index (χ3v) is 5.99. The summed E-state index contributed by atoms with van der Waals surface area (Å²) in [5.74, 6) is 2.66. The van der Waals surface area contributed by atoms with Crippen molar-refractivity contribution in [2.75, 3.05) is 0 Å². The van der Waals surface area contributed by atoms with E-state index in [0.29, 0.717) is 0 Å². The second kappa shape index (κ2) is 4.23. The molecule has 18 heavy (non-hydrogen) atoms. The van der Waals surface area contributed by atoms with Crippen molar-refractivity contribution in [3.05, 3.63) is 25.3 Å². The molecule has 4 rings (SSSR count). The molecule has 0 aliphatic heterocycles.